The molecular weight excluding hydrogens is 508 g/mol. The number of ether oxygens (including phenoxy) is 1. The summed E-state index contributed by atoms with van der Waals surface area (Å²) in [6.45, 7) is 2.48. The summed E-state index contributed by atoms with van der Waals surface area (Å²) in [6, 6.07) is 9.85. The zero-order valence-electron chi connectivity index (χ0n) is 23.3. The number of hydrazone groups is 1. The van der Waals surface area contributed by atoms with Gasteiger partial charge in [-0.05, 0) is 86.7 Å². The van der Waals surface area contributed by atoms with Gasteiger partial charge in [0.2, 0.25) is 5.91 Å². The van der Waals surface area contributed by atoms with Crippen molar-refractivity contribution in [1.82, 2.24) is 5.43 Å². The number of hydrogen-bond donors (Lipinski definition) is 4. The van der Waals surface area contributed by atoms with Gasteiger partial charge in [0.05, 0.1) is 17.3 Å². The summed E-state index contributed by atoms with van der Waals surface area (Å²) in [4.78, 5) is 24.5. The number of nitrogens with one attached hydrogen (secondary N) is 1. The molecule has 4 saturated carbocycles. The van der Waals surface area contributed by atoms with Crippen LogP contribution in [0.15, 0.2) is 47.1 Å². The number of benzene rings is 1. The SMILES string of the molecule is C[C@]12CC[C@H]3[C@@H](CC[C@]4(O)C[C@H](O)CC[C@]34/C=N\NC(=O)CCc3ccccc3)[C@@]1(O)CC[C@@H]2C1=CC(=O)OC1. The molecule has 0 aromatic heterocycles. The molecule has 1 aromatic carbocycles. The Morgan fingerprint density at radius 3 is 2.60 bits per heavy atom. The van der Waals surface area contributed by atoms with Crippen LogP contribution in [0.25, 0.3) is 0 Å². The van der Waals surface area contributed by atoms with E-state index in [-0.39, 0.29) is 41.5 Å². The Morgan fingerprint density at radius 1 is 1.07 bits per heavy atom. The fourth-order valence-corrected chi connectivity index (χ4v) is 9.54. The molecule has 0 bridgehead atoms. The second kappa shape index (κ2) is 10.1. The van der Waals surface area contributed by atoms with Crippen LogP contribution in [0.4, 0.5) is 0 Å². The number of aryl methyl sites for hydroxylation is 1. The third kappa shape index (κ3) is 4.25. The molecule has 1 aromatic rings. The maximum Gasteiger partial charge on any atom is 0.331 e. The van der Waals surface area contributed by atoms with Crippen molar-refractivity contribution in [3.8, 4) is 0 Å². The van der Waals surface area contributed by atoms with E-state index in [4.69, 9.17) is 4.74 Å². The number of nitrogens with zero attached hydrogens (tertiary/aromatic N) is 1. The molecule has 6 rings (SSSR count). The van der Waals surface area contributed by atoms with Crippen LogP contribution >= 0.6 is 0 Å². The minimum absolute atomic E-state index is 0.0315. The minimum atomic E-state index is -1.15. The van der Waals surface area contributed by atoms with Gasteiger partial charge in [-0.1, -0.05) is 37.3 Å². The van der Waals surface area contributed by atoms with E-state index in [2.05, 4.69) is 17.5 Å². The van der Waals surface area contributed by atoms with E-state index in [1.807, 2.05) is 30.3 Å². The van der Waals surface area contributed by atoms with Crippen LogP contribution < -0.4 is 5.43 Å². The molecule has 0 saturated heterocycles. The smallest absolute Gasteiger partial charge is 0.331 e. The average Bonchev–Trinajstić information content (AvgIpc) is 3.48. The Hall–Kier alpha value is -2.55. The van der Waals surface area contributed by atoms with Crippen molar-refractivity contribution in [3.05, 3.63) is 47.5 Å². The van der Waals surface area contributed by atoms with Gasteiger partial charge in [0.1, 0.15) is 6.61 Å². The number of rotatable bonds is 6. The van der Waals surface area contributed by atoms with Gasteiger partial charge in [0, 0.05) is 36.0 Å². The van der Waals surface area contributed by atoms with Crippen molar-refractivity contribution >= 4 is 18.1 Å². The number of aliphatic hydroxyl groups is 3. The molecule has 0 radical (unpaired) electrons. The van der Waals surface area contributed by atoms with Crippen molar-refractivity contribution in [3.63, 3.8) is 0 Å². The molecule has 0 unspecified atom stereocenters. The Morgan fingerprint density at radius 2 is 1.85 bits per heavy atom. The fraction of sp³-hybridized carbons (Fsp3) is 0.656. The second-order valence-electron chi connectivity index (χ2n) is 13.3. The number of aliphatic hydroxyl groups excluding tert-OH is 1. The van der Waals surface area contributed by atoms with E-state index in [0.717, 1.165) is 30.4 Å². The van der Waals surface area contributed by atoms with Gasteiger partial charge < -0.3 is 20.1 Å². The number of hydrogen-bond acceptors (Lipinski definition) is 7. The van der Waals surface area contributed by atoms with E-state index >= 15 is 0 Å². The summed E-state index contributed by atoms with van der Waals surface area (Å²) in [7, 11) is 0. The molecule has 5 aliphatic rings. The first kappa shape index (κ1) is 27.6. The van der Waals surface area contributed by atoms with Crippen molar-refractivity contribution in [2.45, 2.75) is 94.9 Å². The van der Waals surface area contributed by atoms with Crippen molar-refractivity contribution < 1.29 is 29.6 Å². The molecule has 4 aliphatic carbocycles. The molecule has 40 heavy (non-hydrogen) atoms. The topological polar surface area (TPSA) is 128 Å². The summed E-state index contributed by atoms with van der Waals surface area (Å²) < 4.78 is 5.24. The maximum absolute atomic E-state index is 12.7. The second-order valence-corrected chi connectivity index (χ2v) is 13.3. The highest BCUT2D eigenvalue weighted by Crippen LogP contribution is 2.70. The van der Waals surface area contributed by atoms with Crippen molar-refractivity contribution in [1.29, 1.82) is 0 Å². The molecule has 8 heteroatoms. The molecular formula is C32H42N2O6. The highest BCUT2D eigenvalue weighted by Gasteiger charge is 2.71. The standard InChI is InChI=1S/C32H42N2O6/c1-29-13-10-25-26(32(29,39)16-12-24(29)22-17-28(37)40-19-22)11-15-31(38)18-23(35)9-14-30(25,31)20-33-34-27(36)8-7-21-5-3-2-4-6-21/h2-6,17,20,23-26,35,38-39H,7-16,18-19H2,1H3,(H,34,36)/b33-20-/t23-,24-,25+,26-,29-,30+,31+,32+/m1/s1. The van der Waals surface area contributed by atoms with Gasteiger partial charge in [0.15, 0.2) is 0 Å². The largest absolute Gasteiger partial charge is 0.458 e. The highest BCUT2D eigenvalue weighted by atomic mass is 16.5. The molecule has 1 heterocycles. The van der Waals surface area contributed by atoms with Crippen LogP contribution in [-0.4, -0.2) is 57.3 Å². The van der Waals surface area contributed by atoms with Crippen LogP contribution in [-0.2, 0) is 20.7 Å². The lowest BCUT2D eigenvalue weighted by molar-refractivity contribution is -0.237. The Labute approximate surface area is 235 Å². The number of carbonyl (C=O) groups is 2. The molecule has 8 nitrogen and oxygen atoms in total. The van der Waals surface area contributed by atoms with Gasteiger partial charge in [0.25, 0.3) is 0 Å². The Kier molecular flexibility index (Phi) is 6.95. The molecule has 216 valence electrons. The molecule has 1 amide bonds. The van der Waals surface area contributed by atoms with Crippen LogP contribution in [0, 0.1) is 28.6 Å². The highest BCUT2D eigenvalue weighted by molar-refractivity contribution is 5.85. The van der Waals surface area contributed by atoms with E-state index in [1.165, 1.54) is 0 Å². The van der Waals surface area contributed by atoms with Gasteiger partial charge in [-0.3, -0.25) is 4.79 Å². The van der Waals surface area contributed by atoms with Gasteiger partial charge in [-0.15, -0.1) is 0 Å². The predicted molar refractivity (Wildman–Crippen MR) is 149 cm³/mol. The number of fused-ring (bicyclic) bond motifs is 5. The normalized spacial score (nSPS) is 42.5. The zero-order valence-corrected chi connectivity index (χ0v) is 23.3. The number of cyclic esters (lactones) is 1. The first-order chi connectivity index (χ1) is 19.1. The van der Waals surface area contributed by atoms with Crippen LogP contribution in [0.1, 0.15) is 76.7 Å². The van der Waals surface area contributed by atoms with Crippen LogP contribution in [0.3, 0.4) is 0 Å². The lowest BCUT2D eigenvalue weighted by atomic mass is 9.41. The quantitative estimate of drug-likeness (QED) is 0.244. The van der Waals surface area contributed by atoms with Crippen LogP contribution in [0.2, 0.25) is 0 Å². The first-order valence-electron chi connectivity index (χ1n) is 15.0. The molecule has 1 aliphatic heterocycles. The molecule has 8 atom stereocenters. The van der Waals surface area contributed by atoms with E-state index < -0.39 is 22.7 Å². The van der Waals surface area contributed by atoms with Gasteiger partial charge in [-0.25, -0.2) is 10.2 Å². The van der Waals surface area contributed by atoms with E-state index in [9.17, 15) is 24.9 Å². The predicted octanol–water partition coefficient (Wildman–Crippen LogP) is 3.43. The molecule has 4 fully saturated rings. The molecule has 4 N–H and O–H groups in total. The Balaban J connectivity index is 1.25. The molecule has 0 spiro atoms. The third-order valence-electron chi connectivity index (χ3n) is 11.6. The zero-order chi connectivity index (χ0) is 28.2. The lowest BCUT2D eigenvalue weighted by Crippen LogP contribution is -2.68. The average molecular weight is 551 g/mol. The Bertz CT molecular complexity index is 1220. The summed E-state index contributed by atoms with van der Waals surface area (Å²) >= 11 is 0. The summed E-state index contributed by atoms with van der Waals surface area (Å²) in [5.41, 5.74) is 1.55. The monoisotopic (exact) mass is 550 g/mol. The van der Waals surface area contributed by atoms with E-state index in [0.29, 0.717) is 51.6 Å². The first-order valence-corrected chi connectivity index (χ1v) is 15.0. The fourth-order valence-electron chi connectivity index (χ4n) is 9.54. The minimum Gasteiger partial charge on any atom is -0.458 e. The van der Waals surface area contributed by atoms with Gasteiger partial charge in [-0.2, -0.15) is 5.10 Å². The summed E-state index contributed by atoms with van der Waals surface area (Å²) in [5, 5.41) is 39.6. The van der Waals surface area contributed by atoms with Crippen molar-refractivity contribution in [2.75, 3.05) is 6.61 Å². The maximum atomic E-state index is 12.7. The summed E-state index contributed by atoms with van der Waals surface area (Å²) in [5.74, 6) is -0.473. The van der Waals surface area contributed by atoms with Gasteiger partial charge >= 0.3 is 5.97 Å². The number of amides is 1. The third-order valence-corrected chi connectivity index (χ3v) is 11.6. The number of esters is 1. The lowest BCUT2D eigenvalue weighted by Gasteiger charge is -2.65. The van der Waals surface area contributed by atoms with Crippen LogP contribution in [0.5, 0.6) is 0 Å². The summed E-state index contributed by atoms with van der Waals surface area (Å²) in [6.07, 6.45) is 9.25. The number of carbonyl (C=O) groups excluding carboxylic acids is 2. The van der Waals surface area contributed by atoms with Crippen molar-refractivity contribution in [2.24, 2.45) is 33.7 Å². The van der Waals surface area contributed by atoms with E-state index in [1.54, 1.807) is 12.3 Å².